The molecule has 0 saturated carbocycles. The lowest BCUT2D eigenvalue weighted by molar-refractivity contribution is -0.134. The Kier molecular flexibility index (Phi) is 5.26. The van der Waals surface area contributed by atoms with Crippen LogP contribution in [0.2, 0.25) is 0 Å². The van der Waals surface area contributed by atoms with Crippen molar-refractivity contribution in [1.29, 1.82) is 0 Å². The first-order valence-corrected chi connectivity index (χ1v) is 8.98. The van der Waals surface area contributed by atoms with E-state index in [0.717, 1.165) is 4.90 Å². The molecule has 1 atom stereocenters. The fraction of sp³-hybridized carbons (Fsp3) is 0.238. The number of anilines is 1. The van der Waals surface area contributed by atoms with Gasteiger partial charge in [0, 0.05) is 5.56 Å². The first kappa shape index (κ1) is 19.3. The van der Waals surface area contributed by atoms with Crippen molar-refractivity contribution >= 4 is 29.3 Å². The van der Waals surface area contributed by atoms with Crippen molar-refractivity contribution < 1.29 is 19.2 Å². The van der Waals surface area contributed by atoms with Crippen LogP contribution in [-0.4, -0.2) is 35.1 Å². The molecule has 0 radical (unpaired) electrons. The number of carbonyl (C=O) groups is 4. The van der Waals surface area contributed by atoms with Crippen molar-refractivity contribution in [3.8, 4) is 0 Å². The van der Waals surface area contributed by atoms with Crippen LogP contribution >= 0.6 is 0 Å². The summed E-state index contributed by atoms with van der Waals surface area (Å²) < 4.78 is 0. The number of ketones is 1. The number of imide groups is 1. The van der Waals surface area contributed by atoms with Crippen molar-refractivity contribution in [2.24, 2.45) is 0 Å². The minimum Gasteiger partial charge on any atom is -0.324 e. The van der Waals surface area contributed by atoms with Gasteiger partial charge in [-0.2, -0.15) is 0 Å². The van der Waals surface area contributed by atoms with Crippen LogP contribution in [0, 0.1) is 0 Å². The van der Waals surface area contributed by atoms with Gasteiger partial charge in [-0.3, -0.25) is 19.3 Å². The van der Waals surface area contributed by atoms with Crippen molar-refractivity contribution in [3.63, 3.8) is 0 Å². The summed E-state index contributed by atoms with van der Waals surface area (Å²) in [4.78, 5) is 50.6. The van der Waals surface area contributed by atoms with Gasteiger partial charge in [0.05, 0.1) is 5.69 Å². The predicted molar refractivity (Wildman–Crippen MR) is 104 cm³/mol. The molecule has 1 heterocycles. The van der Waals surface area contributed by atoms with E-state index in [1.807, 2.05) is 6.07 Å². The fourth-order valence-electron chi connectivity index (χ4n) is 3.36. The second-order valence-corrected chi connectivity index (χ2v) is 6.60. The van der Waals surface area contributed by atoms with Crippen LogP contribution in [0.1, 0.15) is 36.2 Å². The molecule has 7 heteroatoms. The minimum absolute atomic E-state index is 0.194. The number of para-hydroxylation sites is 1. The number of hydrogen-bond donors (Lipinski definition) is 2. The maximum Gasteiger partial charge on any atom is 0.325 e. The zero-order chi connectivity index (χ0) is 20.3. The summed E-state index contributed by atoms with van der Waals surface area (Å²) in [5.74, 6) is -1.22. The lowest BCUT2D eigenvalue weighted by atomic mass is 9.87. The molecule has 0 spiro atoms. The Morgan fingerprint density at radius 1 is 1.04 bits per heavy atom. The number of benzene rings is 2. The van der Waals surface area contributed by atoms with Gasteiger partial charge in [0.25, 0.3) is 5.91 Å². The van der Waals surface area contributed by atoms with Crippen LogP contribution in [0.3, 0.4) is 0 Å². The van der Waals surface area contributed by atoms with Crippen LogP contribution in [0.4, 0.5) is 10.5 Å². The van der Waals surface area contributed by atoms with E-state index in [0.29, 0.717) is 23.2 Å². The summed E-state index contributed by atoms with van der Waals surface area (Å²) >= 11 is 0. The van der Waals surface area contributed by atoms with Crippen LogP contribution < -0.4 is 10.6 Å². The highest BCUT2D eigenvalue weighted by atomic mass is 16.2. The van der Waals surface area contributed by atoms with Crippen molar-refractivity contribution in [1.82, 2.24) is 10.2 Å². The van der Waals surface area contributed by atoms with Gasteiger partial charge in [-0.15, -0.1) is 0 Å². The van der Waals surface area contributed by atoms with E-state index in [-0.39, 0.29) is 5.78 Å². The number of hydrogen-bond acceptors (Lipinski definition) is 4. The molecule has 1 aliphatic rings. The molecule has 0 aliphatic carbocycles. The Morgan fingerprint density at radius 2 is 1.68 bits per heavy atom. The Bertz CT molecular complexity index is 942. The Hall–Kier alpha value is -3.48. The molecular formula is C21H21N3O4. The smallest absolute Gasteiger partial charge is 0.324 e. The molecule has 28 heavy (non-hydrogen) atoms. The molecule has 1 saturated heterocycles. The van der Waals surface area contributed by atoms with Crippen molar-refractivity contribution in [2.45, 2.75) is 25.8 Å². The lowest BCUT2D eigenvalue weighted by Gasteiger charge is -2.25. The zero-order valence-electron chi connectivity index (χ0n) is 15.7. The quantitative estimate of drug-likeness (QED) is 0.596. The van der Waals surface area contributed by atoms with E-state index < -0.39 is 29.9 Å². The van der Waals surface area contributed by atoms with E-state index in [2.05, 4.69) is 10.6 Å². The van der Waals surface area contributed by atoms with Crippen LogP contribution in [-0.2, 0) is 15.1 Å². The van der Waals surface area contributed by atoms with Gasteiger partial charge in [0.1, 0.15) is 12.1 Å². The molecule has 0 bridgehead atoms. The molecule has 2 aromatic rings. The Morgan fingerprint density at radius 3 is 2.32 bits per heavy atom. The van der Waals surface area contributed by atoms with Crippen molar-refractivity contribution in [2.75, 3.05) is 11.9 Å². The van der Waals surface area contributed by atoms with Gasteiger partial charge in [0.2, 0.25) is 5.91 Å². The molecule has 144 valence electrons. The van der Waals surface area contributed by atoms with Crippen LogP contribution in [0.5, 0.6) is 0 Å². The topological polar surface area (TPSA) is 95.6 Å². The molecule has 3 rings (SSSR count). The van der Waals surface area contributed by atoms with Gasteiger partial charge >= 0.3 is 6.03 Å². The third kappa shape index (κ3) is 3.38. The van der Waals surface area contributed by atoms with E-state index in [4.69, 9.17) is 0 Å². The summed E-state index contributed by atoms with van der Waals surface area (Å²) in [6, 6.07) is 14.9. The molecule has 4 amide bonds. The fourth-order valence-corrected chi connectivity index (χ4v) is 3.36. The summed E-state index contributed by atoms with van der Waals surface area (Å²) in [6.45, 7) is 2.77. The van der Waals surface area contributed by atoms with E-state index in [1.165, 1.54) is 6.92 Å². The van der Waals surface area contributed by atoms with Gasteiger partial charge in [-0.05, 0) is 31.0 Å². The molecule has 1 aliphatic heterocycles. The first-order chi connectivity index (χ1) is 13.4. The van der Waals surface area contributed by atoms with Gasteiger partial charge in [0.15, 0.2) is 5.78 Å². The molecular weight excluding hydrogens is 358 g/mol. The predicted octanol–water partition coefficient (Wildman–Crippen LogP) is 2.69. The number of rotatable bonds is 6. The zero-order valence-corrected chi connectivity index (χ0v) is 15.7. The largest absolute Gasteiger partial charge is 0.325 e. The second-order valence-electron chi connectivity index (χ2n) is 6.60. The first-order valence-electron chi connectivity index (χ1n) is 8.98. The van der Waals surface area contributed by atoms with Gasteiger partial charge < -0.3 is 10.6 Å². The van der Waals surface area contributed by atoms with E-state index in [1.54, 1.807) is 55.5 Å². The SMILES string of the molecule is CCC1(c2ccccc2)NC(=O)N(CC(=O)Nc2ccccc2C(C)=O)C1=O. The number of nitrogens with one attached hydrogen (secondary N) is 2. The Balaban J connectivity index is 1.80. The number of carbonyl (C=O) groups excluding carboxylic acids is 4. The minimum atomic E-state index is -1.18. The van der Waals surface area contributed by atoms with Crippen molar-refractivity contribution in [3.05, 3.63) is 65.7 Å². The summed E-state index contributed by atoms with van der Waals surface area (Å²) in [5.41, 5.74) is 0.188. The Labute approximate surface area is 162 Å². The number of nitrogens with zero attached hydrogens (tertiary/aromatic N) is 1. The van der Waals surface area contributed by atoms with E-state index in [9.17, 15) is 19.2 Å². The maximum atomic E-state index is 13.0. The maximum absolute atomic E-state index is 13.0. The lowest BCUT2D eigenvalue weighted by Crippen LogP contribution is -2.44. The average Bonchev–Trinajstić information content (AvgIpc) is 2.94. The molecule has 7 nitrogen and oxygen atoms in total. The summed E-state index contributed by atoms with van der Waals surface area (Å²) in [7, 11) is 0. The van der Waals surface area contributed by atoms with Crippen LogP contribution in [0.15, 0.2) is 54.6 Å². The van der Waals surface area contributed by atoms with Gasteiger partial charge in [-0.25, -0.2) is 4.79 Å². The standard InChI is InChI=1S/C21H21N3O4/c1-3-21(15-9-5-4-6-10-15)19(27)24(20(28)23-21)13-18(26)22-17-12-8-7-11-16(17)14(2)25/h4-12H,3,13H2,1-2H3,(H,22,26)(H,23,28). The number of urea groups is 1. The van der Waals surface area contributed by atoms with Crippen LogP contribution in [0.25, 0.3) is 0 Å². The monoisotopic (exact) mass is 379 g/mol. The average molecular weight is 379 g/mol. The second kappa shape index (κ2) is 7.64. The molecule has 1 fully saturated rings. The van der Waals surface area contributed by atoms with E-state index >= 15 is 0 Å². The highest BCUT2D eigenvalue weighted by molar-refractivity contribution is 6.11. The highest BCUT2D eigenvalue weighted by Crippen LogP contribution is 2.32. The third-order valence-corrected chi connectivity index (χ3v) is 4.85. The summed E-state index contributed by atoms with van der Waals surface area (Å²) in [6.07, 6.45) is 0.354. The summed E-state index contributed by atoms with van der Waals surface area (Å²) in [5, 5.41) is 5.35. The molecule has 2 aromatic carbocycles. The normalized spacial score (nSPS) is 18.7. The highest BCUT2D eigenvalue weighted by Gasteiger charge is 2.51. The molecule has 2 N–H and O–H groups in total. The molecule has 1 unspecified atom stereocenters. The third-order valence-electron chi connectivity index (χ3n) is 4.85. The number of Topliss-reactive ketones (excluding diaryl/α,β-unsaturated/α-hetero) is 1. The molecule has 0 aromatic heterocycles. The number of amides is 4. The van der Waals surface area contributed by atoms with Gasteiger partial charge in [-0.1, -0.05) is 49.4 Å².